The van der Waals surface area contributed by atoms with E-state index in [-0.39, 0.29) is 17.5 Å². The van der Waals surface area contributed by atoms with Gasteiger partial charge < -0.3 is 14.6 Å². The van der Waals surface area contributed by atoms with Crippen LogP contribution in [-0.4, -0.2) is 35.0 Å². The van der Waals surface area contributed by atoms with Crippen molar-refractivity contribution in [1.82, 2.24) is 0 Å². The molecule has 0 saturated heterocycles. The van der Waals surface area contributed by atoms with Crippen molar-refractivity contribution in [2.75, 3.05) is 6.61 Å². The van der Waals surface area contributed by atoms with Crippen molar-refractivity contribution in [3.8, 4) is 0 Å². The number of hydrogen-bond donors (Lipinski definition) is 1. The van der Waals surface area contributed by atoms with E-state index >= 15 is 0 Å². The Morgan fingerprint density at radius 3 is 1.85 bits per heavy atom. The third-order valence-electron chi connectivity index (χ3n) is 4.18. The Bertz CT molecular complexity index is 324. The summed E-state index contributed by atoms with van der Waals surface area (Å²) in [5, 5.41) is 9.91. The first-order chi connectivity index (χ1) is 8.71. The smallest absolute Gasteiger partial charge is 0.312 e. The lowest BCUT2D eigenvalue weighted by Crippen LogP contribution is -2.49. The van der Waals surface area contributed by atoms with E-state index in [0.717, 1.165) is 0 Å². The number of ether oxygens (including phenoxy) is 2. The fourth-order valence-electron chi connectivity index (χ4n) is 1.32. The van der Waals surface area contributed by atoms with Crippen LogP contribution in [0.4, 0.5) is 0 Å². The summed E-state index contributed by atoms with van der Waals surface area (Å²) in [5.41, 5.74) is -2.10. The van der Waals surface area contributed by atoms with Crippen LogP contribution in [0.5, 0.6) is 0 Å². The molecule has 1 atom stereocenters. The van der Waals surface area contributed by atoms with Crippen molar-refractivity contribution in [3.05, 3.63) is 0 Å². The minimum Gasteiger partial charge on any atom is -0.459 e. The molecule has 0 spiro atoms. The van der Waals surface area contributed by atoms with Gasteiger partial charge >= 0.3 is 5.97 Å². The monoisotopic (exact) mass is 288 g/mol. The summed E-state index contributed by atoms with van der Waals surface area (Å²) >= 11 is 0. The molecule has 0 aliphatic heterocycles. The number of rotatable bonds is 7. The van der Waals surface area contributed by atoms with Crippen LogP contribution in [0.2, 0.25) is 0 Å². The van der Waals surface area contributed by atoms with Gasteiger partial charge in [-0.2, -0.15) is 0 Å². The Morgan fingerprint density at radius 2 is 1.50 bits per heavy atom. The van der Waals surface area contributed by atoms with E-state index in [9.17, 15) is 9.90 Å². The molecule has 4 nitrogen and oxygen atoms in total. The van der Waals surface area contributed by atoms with Crippen molar-refractivity contribution < 1.29 is 19.4 Å². The molecule has 1 unspecified atom stereocenters. The Hall–Kier alpha value is -0.610. The number of carbonyl (C=O) groups is 1. The van der Waals surface area contributed by atoms with Gasteiger partial charge in [0, 0.05) is 5.41 Å². The molecule has 0 aliphatic rings. The average molecular weight is 288 g/mol. The Balaban J connectivity index is 4.84. The third kappa shape index (κ3) is 5.41. The lowest BCUT2D eigenvalue weighted by atomic mass is 9.77. The van der Waals surface area contributed by atoms with Crippen molar-refractivity contribution in [2.45, 2.75) is 79.6 Å². The van der Waals surface area contributed by atoms with Gasteiger partial charge in [0.25, 0.3) is 0 Å². The van der Waals surface area contributed by atoms with E-state index in [1.165, 1.54) is 0 Å². The summed E-state index contributed by atoms with van der Waals surface area (Å²) < 4.78 is 11.3. The zero-order valence-corrected chi connectivity index (χ0v) is 14.5. The van der Waals surface area contributed by atoms with E-state index in [0.29, 0.717) is 6.61 Å². The van der Waals surface area contributed by atoms with Crippen LogP contribution in [0, 0.1) is 11.3 Å². The van der Waals surface area contributed by atoms with Gasteiger partial charge in [-0.25, -0.2) is 0 Å². The molecule has 0 fully saturated rings. The van der Waals surface area contributed by atoms with E-state index in [2.05, 4.69) is 0 Å². The fraction of sp³-hybridized carbons (Fsp3) is 0.938. The van der Waals surface area contributed by atoms with Crippen LogP contribution in [0.1, 0.15) is 62.3 Å². The number of aliphatic hydroxyl groups is 1. The summed E-state index contributed by atoms with van der Waals surface area (Å²) in [6, 6.07) is 0. The lowest BCUT2D eigenvalue weighted by Gasteiger charge is -2.42. The van der Waals surface area contributed by atoms with Crippen LogP contribution in [0.25, 0.3) is 0 Å². The highest BCUT2D eigenvalue weighted by Gasteiger charge is 2.43. The third-order valence-corrected chi connectivity index (χ3v) is 4.18. The average Bonchev–Trinajstić information content (AvgIpc) is 2.23. The van der Waals surface area contributed by atoms with Crippen LogP contribution in [-0.2, 0) is 14.3 Å². The molecule has 120 valence electrons. The van der Waals surface area contributed by atoms with Crippen molar-refractivity contribution >= 4 is 5.97 Å². The minimum absolute atomic E-state index is 0.135. The first-order valence-corrected chi connectivity index (χ1v) is 7.27. The van der Waals surface area contributed by atoms with Crippen molar-refractivity contribution in [1.29, 1.82) is 0 Å². The maximum absolute atomic E-state index is 12.2. The molecule has 0 bridgehead atoms. The van der Waals surface area contributed by atoms with Crippen LogP contribution >= 0.6 is 0 Å². The number of esters is 1. The second-order valence-corrected chi connectivity index (χ2v) is 7.55. The summed E-state index contributed by atoms with van der Waals surface area (Å²) in [6.45, 7) is 17.1. The predicted octanol–water partition coefficient (Wildman–Crippen LogP) is 3.17. The SMILES string of the molecule is CC(C)OCC(C)(C)C(C)(C)OC(=O)C(C)C(C)(C)O. The Kier molecular flexibility index (Phi) is 6.24. The fourth-order valence-corrected chi connectivity index (χ4v) is 1.32. The zero-order valence-electron chi connectivity index (χ0n) is 14.5. The van der Waals surface area contributed by atoms with Gasteiger partial charge in [-0.3, -0.25) is 4.79 Å². The van der Waals surface area contributed by atoms with Crippen LogP contribution < -0.4 is 0 Å². The lowest BCUT2D eigenvalue weighted by molar-refractivity contribution is -0.185. The predicted molar refractivity (Wildman–Crippen MR) is 80.5 cm³/mol. The molecule has 20 heavy (non-hydrogen) atoms. The molecule has 4 heteroatoms. The molecule has 0 saturated carbocycles. The highest BCUT2D eigenvalue weighted by Crippen LogP contribution is 2.35. The standard InChI is InChI=1S/C16H32O4/c1-11(2)19-10-14(4,5)16(8,9)20-13(17)12(3)15(6,7)18/h11-12,18H,10H2,1-9H3. The molecule has 0 aromatic rings. The molecule has 0 amide bonds. The normalized spacial score (nSPS) is 15.3. The molecule has 1 N–H and O–H groups in total. The largest absolute Gasteiger partial charge is 0.459 e. The number of carbonyl (C=O) groups excluding carboxylic acids is 1. The highest BCUT2D eigenvalue weighted by atomic mass is 16.6. The van der Waals surface area contributed by atoms with Crippen molar-refractivity contribution in [2.24, 2.45) is 11.3 Å². The Morgan fingerprint density at radius 1 is 1.05 bits per heavy atom. The van der Waals surface area contributed by atoms with Gasteiger partial charge in [-0.1, -0.05) is 13.8 Å². The first kappa shape index (κ1) is 19.4. The van der Waals surface area contributed by atoms with E-state index < -0.39 is 17.1 Å². The van der Waals surface area contributed by atoms with E-state index in [1.54, 1.807) is 20.8 Å². The topological polar surface area (TPSA) is 55.8 Å². The quantitative estimate of drug-likeness (QED) is 0.731. The van der Waals surface area contributed by atoms with Gasteiger partial charge in [0.2, 0.25) is 0 Å². The molecule has 0 rings (SSSR count). The highest BCUT2D eigenvalue weighted by molar-refractivity contribution is 5.73. The second kappa shape index (κ2) is 6.44. The summed E-state index contributed by atoms with van der Waals surface area (Å²) in [5.74, 6) is -0.969. The molecular formula is C16H32O4. The van der Waals surface area contributed by atoms with E-state index in [1.807, 2.05) is 41.5 Å². The second-order valence-electron chi connectivity index (χ2n) is 7.55. The summed E-state index contributed by atoms with van der Waals surface area (Å²) in [6.07, 6.45) is 0.135. The van der Waals surface area contributed by atoms with Crippen LogP contribution in [0.15, 0.2) is 0 Å². The molecule has 0 heterocycles. The molecule has 0 aromatic carbocycles. The van der Waals surface area contributed by atoms with Gasteiger partial charge in [0.05, 0.1) is 24.2 Å². The van der Waals surface area contributed by atoms with E-state index in [4.69, 9.17) is 9.47 Å². The van der Waals surface area contributed by atoms with Gasteiger partial charge in [0.15, 0.2) is 0 Å². The molecule has 0 aliphatic carbocycles. The van der Waals surface area contributed by atoms with Gasteiger partial charge in [-0.05, 0) is 48.5 Å². The summed E-state index contributed by atoms with van der Waals surface area (Å²) in [4.78, 5) is 12.2. The maximum atomic E-state index is 12.2. The van der Waals surface area contributed by atoms with Gasteiger partial charge in [-0.15, -0.1) is 0 Å². The van der Waals surface area contributed by atoms with Gasteiger partial charge in [0.1, 0.15) is 5.60 Å². The minimum atomic E-state index is -1.09. The summed E-state index contributed by atoms with van der Waals surface area (Å²) in [7, 11) is 0. The molecule has 0 radical (unpaired) electrons. The molecule has 0 aromatic heterocycles. The van der Waals surface area contributed by atoms with Crippen LogP contribution in [0.3, 0.4) is 0 Å². The number of hydrogen-bond acceptors (Lipinski definition) is 4. The first-order valence-electron chi connectivity index (χ1n) is 7.27. The Labute approximate surface area is 123 Å². The zero-order chi connectivity index (χ0) is 16.4. The van der Waals surface area contributed by atoms with Crippen molar-refractivity contribution in [3.63, 3.8) is 0 Å². The molecular weight excluding hydrogens is 256 g/mol. The maximum Gasteiger partial charge on any atom is 0.312 e.